The lowest BCUT2D eigenvalue weighted by Crippen LogP contribution is -2.21. The van der Waals surface area contributed by atoms with Gasteiger partial charge in [0, 0.05) is 31.7 Å². The van der Waals surface area contributed by atoms with E-state index < -0.39 is 0 Å². The van der Waals surface area contributed by atoms with Crippen molar-refractivity contribution < 1.29 is 0 Å². The molecular formula is C12H19N5. The van der Waals surface area contributed by atoms with E-state index >= 15 is 0 Å². The minimum atomic E-state index is 0.0118. The second-order valence-corrected chi connectivity index (χ2v) is 4.67. The van der Waals surface area contributed by atoms with E-state index in [1.54, 1.807) is 6.20 Å². The first-order valence-electron chi connectivity index (χ1n) is 5.81. The molecule has 0 aliphatic carbocycles. The maximum absolute atomic E-state index is 6.16. The molecule has 0 aliphatic heterocycles. The van der Waals surface area contributed by atoms with Crippen molar-refractivity contribution in [3.8, 4) is 0 Å². The third-order valence-corrected chi connectivity index (χ3v) is 3.04. The SMILES string of the molecule is CC(C)C(N)c1cncn1Cc1nccn1C. The van der Waals surface area contributed by atoms with Crippen LogP contribution in [0, 0.1) is 5.92 Å². The van der Waals surface area contributed by atoms with Gasteiger partial charge in [-0.3, -0.25) is 0 Å². The van der Waals surface area contributed by atoms with E-state index in [4.69, 9.17) is 5.73 Å². The second kappa shape index (κ2) is 4.71. The highest BCUT2D eigenvalue weighted by atomic mass is 15.1. The number of nitrogens with two attached hydrogens (primary N) is 1. The van der Waals surface area contributed by atoms with E-state index in [0.717, 1.165) is 11.5 Å². The molecule has 0 aliphatic rings. The van der Waals surface area contributed by atoms with Crippen molar-refractivity contribution in [1.29, 1.82) is 0 Å². The van der Waals surface area contributed by atoms with E-state index in [1.165, 1.54) is 0 Å². The highest BCUT2D eigenvalue weighted by Gasteiger charge is 2.15. The van der Waals surface area contributed by atoms with Gasteiger partial charge in [0.15, 0.2) is 0 Å². The Labute approximate surface area is 101 Å². The van der Waals surface area contributed by atoms with Gasteiger partial charge in [0.25, 0.3) is 0 Å². The zero-order chi connectivity index (χ0) is 12.4. The smallest absolute Gasteiger partial charge is 0.128 e. The second-order valence-electron chi connectivity index (χ2n) is 4.67. The van der Waals surface area contributed by atoms with Crippen LogP contribution in [0.2, 0.25) is 0 Å². The van der Waals surface area contributed by atoms with Crippen LogP contribution in [0.1, 0.15) is 31.4 Å². The van der Waals surface area contributed by atoms with Gasteiger partial charge in [0.05, 0.1) is 18.6 Å². The maximum atomic E-state index is 6.16. The molecule has 2 aromatic heterocycles. The number of imidazole rings is 2. The largest absolute Gasteiger partial charge is 0.337 e. The fourth-order valence-electron chi connectivity index (χ4n) is 1.78. The Balaban J connectivity index is 2.23. The summed E-state index contributed by atoms with van der Waals surface area (Å²) in [7, 11) is 1.99. The fourth-order valence-corrected chi connectivity index (χ4v) is 1.78. The number of nitrogens with zero attached hydrogens (tertiary/aromatic N) is 4. The molecule has 0 fully saturated rings. The van der Waals surface area contributed by atoms with E-state index in [1.807, 2.05) is 30.3 Å². The van der Waals surface area contributed by atoms with E-state index in [2.05, 4.69) is 28.4 Å². The van der Waals surface area contributed by atoms with Crippen LogP contribution in [-0.4, -0.2) is 19.1 Å². The Morgan fingerprint density at radius 1 is 1.41 bits per heavy atom. The predicted octanol–water partition coefficient (Wildman–Crippen LogP) is 1.32. The molecule has 17 heavy (non-hydrogen) atoms. The van der Waals surface area contributed by atoms with Gasteiger partial charge in [-0.15, -0.1) is 0 Å². The molecule has 2 heterocycles. The summed E-state index contributed by atoms with van der Waals surface area (Å²) >= 11 is 0. The number of aromatic nitrogens is 4. The van der Waals surface area contributed by atoms with Crippen LogP contribution < -0.4 is 5.73 Å². The summed E-state index contributed by atoms with van der Waals surface area (Å²) in [4.78, 5) is 8.49. The summed E-state index contributed by atoms with van der Waals surface area (Å²) in [5, 5.41) is 0. The molecule has 0 radical (unpaired) electrons. The third kappa shape index (κ3) is 2.39. The zero-order valence-electron chi connectivity index (χ0n) is 10.5. The molecule has 5 nitrogen and oxygen atoms in total. The molecule has 2 aromatic rings. The molecule has 2 rings (SSSR count). The molecule has 0 saturated carbocycles. The van der Waals surface area contributed by atoms with Crippen LogP contribution in [0.15, 0.2) is 24.9 Å². The van der Waals surface area contributed by atoms with Gasteiger partial charge in [0.2, 0.25) is 0 Å². The number of hydrogen-bond donors (Lipinski definition) is 1. The van der Waals surface area contributed by atoms with Gasteiger partial charge >= 0.3 is 0 Å². The van der Waals surface area contributed by atoms with Gasteiger partial charge in [-0.1, -0.05) is 13.8 Å². The first-order chi connectivity index (χ1) is 8.09. The molecule has 92 valence electrons. The molecule has 0 saturated heterocycles. The average Bonchev–Trinajstić information content (AvgIpc) is 2.88. The summed E-state index contributed by atoms with van der Waals surface area (Å²) in [6.07, 6.45) is 7.39. The van der Waals surface area contributed by atoms with Crippen LogP contribution in [0.5, 0.6) is 0 Å². The third-order valence-electron chi connectivity index (χ3n) is 3.04. The topological polar surface area (TPSA) is 61.7 Å². The lowest BCUT2D eigenvalue weighted by atomic mass is 10.0. The Hall–Kier alpha value is -1.62. The maximum Gasteiger partial charge on any atom is 0.128 e. The van der Waals surface area contributed by atoms with Crippen molar-refractivity contribution in [2.45, 2.75) is 26.4 Å². The molecule has 0 bridgehead atoms. The van der Waals surface area contributed by atoms with Gasteiger partial charge in [-0.25, -0.2) is 9.97 Å². The summed E-state index contributed by atoms with van der Waals surface area (Å²) in [6.45, 7) is 4.94. The van der Waals surface area contributed by atoms with Crippen molar-refractivity contribution in [2.24, 2.45) is 18.7 Å². The van der Waals surface area contributed by atoms with Gasteiger partial charge in [-0.05, 0) is 5.92 Å². The Morgan fingerprint density at radius 2 is 2.18 bits per heavy atom. The standard InChI is InChI=1S/C12H19N5/c1-9(2)12(13)10-6-14-8-17(10)7-11-15-4-5-16(11)3/h4-6,8-9,12H,7,13H2,1-3H3. The molecular weight excluding hydrogens is 214 g/mol. The molecule has 0 aromatic carbocycles. The van der Waals surface area contributed by atoms with E-state index in [9.17, 15) is 0 Å². The average molecular weight is 233 g/mol. The predicted molar refractivity (Wildman–Crippen MR) is 66.3 cm³/mol. The Kier molecular flexibility index (Phi) is 3.28. The molecule has 1 unspecified atom stereocenters. The summed E-state index contributed by atoms with van der Waals surface area (Å²) in [5.74, 6) is 1.40. The minimum absolute atomic E-state index is 0.0118. The monoisotopic (exact) mass is 233 g/mol. The zero-order valence-corrected chi connectivity index (χ0v) is 10.5. The van der Waals surface area contributed by atoms with E-state index in [-0.39, 0.29) is 6.04 Å². The van der Waals surface area contributed by atoms with Crippen LogP contribution in [-0.2, 0) is 13.6 Å². The van der Waals surface area contributed by atoms with Crippen molar-refractivity contribution in [3.05, 3.63) is 36.4 Å². The number of hydrogen-bond acceptors (Lipinski definition) is 3. The summed E-state index contributed by atoms with van der Waals surface area (Å²) in [5.41, 5.74) is 7.22. The molecule has 0 spiro atoms. The first kappa shape index (κ1) is 11.9. The molecule has 2 N–H and O–H groups in total. The fraction of sp³-hybridized carbons (Fsp3) is 0.500. The Morgan fingerprint density at radius 3 is 2.76 bits per heavy atom. The van der Waals surface area contributed by atoms with Gasteiger partial charge in [-0.2, -0.15) is 0 Å². The van der Waals surface area contributed by atoms with Gasteiger partial charge in [0.1, 0.15) is 5.82 Å². The number of rotatable bonds is 4. The normalized spacial score (nSPS) is 13.2. The minimum Gasteiger partial charge on any atom is -0.337 e. The Bertz CT molecular complexity index is 483. The lowest BCUT2D eigenvalue weighted by molar-refractivity contribution is 0.481. The van der Waals surface area contributed by atoms with E-state index in [0.29, 0.717) is 12.5 Å². The lowest BCUT2D eigenvalue weighted by Gasteiger charge is -2.17. The van der Waals surface area contributed by atoms with Crippen molar-refractivity contribution in [3.63, 3.8) is 0 Å². The molecule has 0 amide bonds. The van der Waals surface area contributed by atoms with Crippen LogP contribution in [0.3, 0.4) is 0 Å². The van der Waals surface area contributed by atoms with Crippen LogP contribution in [0.25, 0.3) is 0 Å². The van der Waals surface area contributed by atoms with Crippen molar-refractivity contribution >= 4 is 0 Å². The summed E-state index contributed by atoms with van der Waals surface area (Å²) < 4.78 is 4.07. The quantitative estimate of drug-likeness (QED) is 0.866. The molecule has 1 atom stereocenters. The van der Waals surface area contributed by atoms with Crippen LogP contribution in [0.4, 0.5) is 0 Å². The first-order valence-corrected chi connectivity index (χ1v) is 5.81. The van der Waals surface area contributed by atoms with Gasteiger partial charge < -0.3 is 14.9 Å². The van der Waals surface area contributed by atoms with Crippen molar-refractivity contribution in [1.82, 2.24) is 19.1 Å². The molecule has 5 heteroatoms. The van der Waals surface area contributed by atoms with Crippen molar-refractivity contribution in [2.75, 3.05) is 0 Å². The number of aryl methyl sites for hydroxylation is 1. The highest BCUT2D eigenvalue weighted by Crippen LogP contribution is 2.18. The summed E-state index contributed by atoms with van der Waals surface area (Å²) in [6, 6.07) is 0.0118. The highest BCUT2D eigenvalue weighted by molar-refractivity contribution is 5.07. The van der Waals surface area contributed by atoms with Crippen LogP contribution >= 0.6 is 0 Å².